The third-order valence-corrected chi connectivity index (χ3v) is 8.55. The monoisotopic (exact) mass is 513 g/mol. The van der Waals surface area contributed by atoms with Gasteiger partial charge < -0.3 is 4.90 Å². The number of aryl methyl sites for hydroxylation is 1. The first-order chi connectivity index (χ1) is 18.9. The van der Waals surface area contributed by atoms with Crippen LogP contribution in [0.5, 0.6) is 0 Å². The number of ketones is 3. The lowest BCUT2D eigenvalue weighted by molar-refractivity contribution is 0.0666. The summed E-state index contributed by atoms with van der Waals surface area (Å²) >= 11 is 0. The molecule has 5 heteroatoms. The van der Waals surface area contributed by atoms with E-state index in [1.54, 1.807) is 48.5 Å². The molecule has 0 amide bonds. The fourth-order valence-corrected chi connectivity index (χ4v) is 6.85. The highest BCUT2D eigenvalue weighted by Gasteiger charge is 2.71. The van der Waals surface area contributed by atoms with Crippen LogP contribution in [0.3, 0.4) is 0 Å². The van der Waals surface area contributed by atoms with Crippen molar-refractivity contribution >= 4 is 29.1 Å². The molecule has 3 aliphatic rings. The molecule has 0 saturated carbocycles. The Kier molecular flexibility index (Phi) is 5.08. The predicted molar refractivity (Wildman–Crippen MR) is 148 cm³/mol. The van der Waals surface area contributed by atoms with Crippen LogP contribution in [-0.2, 0) is 0 Å². The number of carbonyl (C=O) groups is 3. The van der Waals surface area contributed by atoms with E-state index < -0.39 is 29.2 Å². The number of para-hydroxylation sites is 1. The van der Waals surface area contributed by atoms with E-state index in [1.807, 2.05) is 60.4 Å². The average Bonchev–Trinajstić information content (AvgIpc) is 3.40. The maximum absolute atomic E-state index is 14.5. The van der Waals surface area contributed by atoms with Gasteiger partial charge in [-0.25, -0.2) is 4.39 Å². The number of Topliss-reactive ketones (excluding diaryl/α,β-unsaturated/α-hetero) is 3. The van der Waals surface area contributed by atoms with Crippen LogP contribution in [-0.4, -0.2) is 29.4 Å². The molecule has 2 heterocycles. The van der Waals surface area contributed by atoms with E-state index >= 15 is 0 Å². The minimum Gasteiger partial charge on any atom is -0.352 e. The lowest BCUT2D eigenvalue weighted by Crippen LogP contribution is -2.48. The summed E-state index contributed by atoms with van der Waals surface area (Å²) in [5.74, 6) is -2.05. The van der Waals surface area contributed by atoms with Crippen molar-refractivity contribution in [2.75, 3.05) is 4.90 Å². The van der Waals surface area contributed by atoms with E-state index in [-0.39, 0.29) is 17.3 Å². The summed E-state index contributed by atoms with van der Waals surface area (Å²) in [6, 6.07) is 26.2. The van der Waals surface area contributed by atoms with Crippen LogP contribution < -0.4 is 4.90 Å². The molecule has 0 radical (unpaired) electrons. The second-order valence-electron chi connectivity index (χ2n) is 10.5. The molecule has 4 aromatic carbocycles. The van der Waals surface area contributed by atoms with Crippen LogP contribution in [0.4, 0.5) is 10.1 Å². The second-order valence-corrected chi connectivity index (χ2v) is 10.5. The van der Waals surface area contributed by atoms with Gasteiger partial charge in [0.2, 0.25) is 0 Å². The Labute approximate surface area is 225 Å². The third kappa shape index (κ3) is 3.13. The van der Waals surface area contributed by atoms with E-state index in [2.05, 4.69) is 0 Å². The molecule has 1 fully saturated rings. The molecule has 4 nitrogen and oxygen atoms in total. The second kappa shape index (κ2) is 8.43. The zero-order valence-corrected chi connectivity index (χ0v) is 21.2. The van der Waals surface area contributed by atoms with Crippen LogP contribution in [0.2, 0.25) is 0 Å². The SMILES string of the molecule is Cc1ccc(C(=O)[C@@H]2[C@H](c3ccc(F)cc3)C3(C(=O)c4ccccc4C3=O)[C@@H]3C=Cc4ccccc4N23)cc1. The first-order valence-corrected chi connectivity index (χ1v) is 13.0. The number of rotatable bonds is 3. The number of halogens is 1. The molecule has 2 aliphatic heterocycles. The summed E-state index contributed by atoms with van der Waals surface area (Å²) in [6.45, 7) is 1.95. The van der Waals surface area contributed by atoms with Gasteiger partial charge in [0.05, 0.1) is 6.04 Å². The minimum absolute atomic E-state index is 0.187. The highest BCUT2D eigenvalue weighted by atomic mass is 19.1. The summed E-state index contributed by atoms with van der Waals surface area (Å²) in [5, 5.41) is 0. The van der Waals surface area contributed by atoms with E-state index in [4.69, 9.17) is 0 Å². The smallest absolute Gasteiger partial charge is 0.185 e. The van der Waals surface area contributed by atoms with Gasteiger partial charge in [0.1, 0.15) is 17.3 Å². The first kappa shape index (κ1) is 23.5. The molecule has 190 valence electrons. The van der Waals surface area contributed by atoms with Crippen molar-refractivity contribution < 1.29 is 18.8 Å². The van der Waals surface area contributed by atoms with Crippen molar-refractivity contribution in [3.05, 3.63) is 142 Å². The Morgan fingerprint density at radius 3 is 2.08 bits per heavy atom. The molecule has 39 heavy (non-hydrogen) atoms. The number of fused-ring (bicyclic) bond motifs is 5. The number of hydrogen-bond acceptors (Lipinski definition) is 4. The summed E-state index contributed by atoms with van der Waals surface area (Å²) in [6.07, 6.45) is 3.82. The molecule has 1 aliphatic carbocycles. The fourth-order valence-electron chi connectivity index (χ4n) is 6.85. The highest BCUT2D eigenvalue weighted by Crippen LogP contribution is 2.60. The van der Waals surface area contributed by atoms with Gasteiger partial charge >= 0.3 is 0 Å². The van der Waals surface area contributed by atoms with Gasteiger partial charge in [-0.15, -0.1) is 0 Å². The summed E-state index contributed by atoms with van der Waals surface area (Å²) in [5.41, 5.74) is 2.93. The normalized spacial score (nSPS) is 22.1. The zero-order chi connectivity index (χ0) is 26.9. The highest BCUT2D eigenvalue weighted by molar-refractivity contribution is 6.32. The lowest BCUT2D eigenvalue weighted by atomic mass is 9.64. The number of carbonyl (C=O) groups excluding carboxylic acids is 3. The molecule has 4 aromatic rings. The molecule has 0 N–H and O–H groups in total. The van der Waals surface area contributed by atoms with Crippen LogP contribution in [0.1, 0.15) is 53.7 Å². The molecule has 0 bridgehead atoms. The average molecular weight is 514 g/mol. The number of nitrogens with zero attached hydrogens (tertiary/aromatic N) is 1. The third-order valence-electron chi connectivity index (χ3n) is 8.55. The molecule has 7 rings (SSSR count). The number of hydrogen-bond donors (Lipinski definition) is 0. The Morgan fingerprint density at radius 2 is 1.41 bits per heavy atom. The maximum atomic E-state index is 14.5. The van der Waals surface area contributed by atoms with Crippen molar-refractivity contribution in [1.29, 1.82) is 0 Å². The van der Waals surface area contributed by atoms with Crippen molar-refractivity contribution in [3.63, 3.8) is 0 Å². The van der Waals surface area contributed by atoms with Gasteiger partial charge in [-0.1, -0.05) is 96.6 Å². The Balaban J connectivity index is 1.54. The fraction of sp³-hybridized carbons (Fsp3) is 0.147. The predicted octanol–water partition coefficient (Wildman–Crippen LogP) is 6.45. The molecule has 3 atom stereocenters. The van der Waals surface area contributed by atoms with Crippen molar-refractivity contribution in [3.8, 4) is 0 Å². The molecule has 1 saturated heterocycles. The quantitative estimate of drug-likeness (QED) is 0.233. The van der Waals surface area contributed by atoms with Crippen LogP contribution in [0.25, 0.3) is 6.08 Å². The van der Waals surface area contributed by atoms with Gasteiger partial charge in [-0.3, -0.25) is 14.4 Å². The van der Waals surface area contributed by atoms with Crippen molar-refractivity contribution in [2.24, 2.45) is 5.41 Å². The van der Waals surface area contributed by atoms with E-state index in [1.165, 1.54) is 12.1 Å². The van der Waals surface area contributed by atoms with Gasteiger partial charge in [-0.05, 0) is 36.2 Å². The van der Waals surface area contributed by atoms with Gasteiger partial charge in [0.25, 0.3) is 0 Å². The largest absolute Gasteiger partial charge is 0.352 e. The van der Waals surface area contributed by atoms with E-state index in [0.29, 0.717) is 22.3 Å². The first-order valence-electron chi connectivity index (χ1n) is 13.0. The number of benzene rings is 4. The van der Waals surface area contributed by atoms with E-state index in [0.717, 1.165) is 16.8 Å². The molecule has 1 spiro atoms. The topological polar surface area (TPSA) is 54.5 Å². The van der Waals surface area contributed by atoms with Crippen LogP contribution in [0, 0.1) is 18.2 Å². The van der Waals surface area contributed by atoms with Gasteiger partial charge in [0.15, 0.2) is 17.3 Å². The van der Waals surface area contributed by atoms with Crippen molar-refractivity contribution in [1.82, 2.24) is 0 Å². The Bertz CT molecular complexity index is 1670. The molecular formula is C34H24FNO3. The summed E-state index contributed by atoms with van der Waals surface area (Å²) in [7, 11) is 0. The maximum Gasteiger partial charge on any atom is 0.185 e. The van der Waals surface area contributed by atoms with Crippen molar-refractivity contribution in [2.45, 2.75) is 24.9 Å². The van der Waals surface area contributed by atoms with Gasteiger partial charge in [0, 0.05) is 28.3 Å². The van der Waals surface area contributed by atoms with Crippen LogP contribution >= 0.6 is 0 Å². The standard InChI is InChI=1S/C34H24FNO3/c1-20-10-12-23(13-11-20)31(37)30-29(22-14-17-24(35)18-15-22)34(32(38)25-7-3-4-8-26(25)33(34)39)28-19-16-21-6-2-5-9-27(21)36(28)30/h2-19,28-30H,1H3/t28-,29-,30-/m0/s1. The lowest BCUT2D eigenvalue weighted by Gasteiger charge is -2.37. The number of anilines is 1. The molecular weight excluding hydrogens is 489 g/mol. The van der Waals surface area contributed by atoms with Gasteiger partial charge in [-0.2, -0.15) is 0 Å². The summed E-state index contributed by atoms with van der Waals surface area (Å²) in [4.78, 5) is 45.6. The summed E-state index contributed by atoms with van der Waals surface area (Å²) < 4.78 is 14.1. The Morgan fingerprint density at radius 1 is 0.795 bits per heavy atom. The molecule has 0 unspecified atom stereocenters. The van der Waals surface area contributed by atoms with E-state index in [9.17, 15) is 18.8 Å². The minimum atomic E-state index is -1.59. The van der Waals surface area contributed by atoms with Crippen LogP contribution in [0.15, 0.2) is 103 Å². The Hall–Kier alpha value is -4.64. The molecule has 0 aromatic heterocycles. The zero-order valence-electron chi connectivity index (χ0n) is 21.2.